The Morgan fingerprint density at radius 1 is 1.35 bits per heavy atom. The summed E-state index contributed by atoms with van der Waals surface area (Å²) in [5.41, 5.74) is -0.633. The highest BCUT2D eigenvalue weighted by Crippen LogP contribution is 2.31. The van der Waals surface area contributed by atoms with Gasteiger partial charge in [0, 0.05) is 17.5 Å². The fourth-order valence-corrected chi connectivity index (χ4v) is 1.49. The number of halogens is 3. The fraction of sp³-hybridized carbons (Fsp3) is 0.333. The molecule has 0 spiro atoms. The number of aliphatic hydroxyl groups is 1. The Hall–Kier alpha value is -2.09. The van der Waals surface area contributed by atoms with E-state index in [1.165, 1.54) is 6.92 Å². The fourth-order valence-electron chi connectivity index (χ4n) is 1.49. The van der Waals surface area contributed by atoms with Gasteiger partial charge in [-0.05, 0) is 18.2 Å². The lowest BCUT2D eigenvalue weighted by Gasteiger charge is -2.16. The van der Waals surface area contributed by atoms with Crippen molar-refractivity contribution < 1.29 is 37.7 Å². The normalized spacial score (nSPS) is 12.8. The number of aliphatic hydroxyl groups excluding tert-OH is 1. The van der Waals surface area contributed by atoms with Gasteiger partial charge in [0.15, 0.2) is 11.9 Å². The van der Waals surface area contributed by atoms with Gasteiger partial charge in [0.1, 0.15) is 5.75 Å². The van der Waals surface area contributed by atoms with Crippen molar-refractivity contribution >= 4 is 11.8 Å². The number of carbonyl (C=O) groups is 2. The number of carboxylic acid groups (broad SMARTS) is 1. The summed E-state index contributed by atoms with van der Waals surface area (Å²) in [6, 6.07) is 2.76. The standard InChI is InChI=1S/C12H11F3O5/c1-2-8(16)6-3-4-9(20-12(13,14)15)7(5-6)10(17)11(18)19/h3-5,10,17H,2H2,1H3,(H,18,19). The van der Waals surface area contributed by atoms with Gasteiger partial charge < -0.3 is 14.9 Å². The summed E-state index contributed by atoms with van der Waals surface area (Å²) in [5.74, 6) is -3.01. The van der Waals surface area contributed by atoms with Crippen LogP contribution in [0.2, 0.25) is 0 Å². The van der Waals surface area contributed by atoms with E-state index in [9.17, 15) is 27.9 Å². The van der Waals surface area contributed by atoms with Crippen LogP contribution in [0.5, 0.6) is 5.75 Å². The van der Waals surface area contributed by atoms with E-state index in [1.807, 2.05) is 0 Å². The van der Waals surface area contributed by atoms with Crippen molar-refractivity contribution in [3.05, 3.63) is 29.3 Å². The molecular weight excluding hydrogens is 281 g/mol. The van der Waals surface area contributed by atoms with Crippen LogP contribution in [0.25, 0.3) is 0 Å². The lowest BCUT2D eigenvalue weighted by atomic mass is 10.0. The average molecular weight is 292 g/mol. The molecule has 0 heterocycles. The molecule has 0 aromatic heterocycles. The molecule has 0 amide bonds. The second-order valence-electron chi connectivity index (χ2n) is 3.82. The Morgan fingerprint density at radius 3 is 2.40 bits per heavy atom. The molecule has 110 valence electrons. The monoisotopic (exact) mass is 292 g/mol. The van der Waals surface area contributed by atoms with Gasteiger partial charge >= 0.3 is 12.3 Å². The van der Waals surface area contributed by atoms with Crippen molar-refractivity contribution in [2.75, 3.05) is 0 Å². The zero-order chi connectivity index (χ0) is 15.5. The molecule has 1 unspecified atom stereocenters. The first-order valence-electron chi connectivity index (χ1n) is 5.49. The van der Waals surface area contributed by atoms with Crippen molar-refractivity contribution in [2.24, 2.45) is 0 Å². The number of benzene rings is 1. The second kappa shape index (κ2) is 5.91. The van der Waals surface area contributed by atoms with Crippen LogP contribution >= 0.6 is 0 Å². The summed E-state index contributed by atoms with van der Waals surface area (Å²) in [7, 11) is 0. The number of ether oxygens (including phenoxy) is 1. The predicted octanol–water partition coefficient (Wildman–Crippen LogP) is 2.30. The smallest absolute Gasteiger partial charge is 0.479 e. The summed E-state index contributed by atoms with van der Waals surface area (Å²) in [5, 5.41) is 18.1. The maximum absolute atomic E-state index is 12.2. The number of carbonyl (C=O) groups excluding carboxylic acids is 1. The van der Waals surface area contributed by atoms with Gasteiger partial charge in [0.05, 0.1) is 0 Å². The number of Topliss-reactive ketones (excluding diaryl/α,β-unsaturated/α-hetero) is 1. The Kier molecular flexibility index (Phi) is 4.72. The highest BCUT2D eigenvalue weighted by Gasteiger charge is 2.34. The van der Waals surface area contributed by atoms with Crippen LogP contribution in [0.15, 0.2) is 18.2 Å². The van der Waals surface area contributed by atoms with Crippen molar-refractivity contribution in [1.29, 1.82) is 0 Å². The van der Waals surface area contributed by atoms with Crippen molar-refractivity contribution in [1.82, 2.24) is 0 Å². The number of hydrogen-bond donors (Lipinski definition) is 2. The quantitative estimate of drug-likeness (QED) is 0.813. The Bertz CT molecular complexity index is 524. The third-order valence-electron chi connectivity index (χ3n) is 2.41. The van der Waals surface area contributed by atoms with E-state index in [0.717, 1.165) is 18.2 Å². The minimum absolute atomic E-state index is 0.00248. The van der Waals surface area contributed by atoms with Gasteiger partial charge in [-0.15, -0.1) is 13.2 Å². The van der Waals surface area contributed by atoms with Crippen LogP contribution in [0.3, 0.4) is 0 Å². The molecule has 0 aliphatic rings. The van der Waals surface area contributed by atoms with Crippen LogP contribution in [-0.4, -0.2) is 28.3 Å². The minimum atomic E-state index is -5.04. The number of rotatable bonds is 5. The molecule has 0 saturated heterocycles. The molecular formula is C12H11F3O5. The first-order chi connectivity index (χ1) is 9.15. The molecule has 20 heavy (non-hydrogen) atoms. The third kappa shape index (κ3) is 3.95. The lowest BCUT2D eigenvalue weighted by Crippen LogP contribution is -2.20. The van der Waals surface area contributed by atoms with Crippen LogP contribution in [-0.2, 0) is 4.79 Å². The van der Waals surface area contributed by atoms with Crippen LogP contribution < -0.4 is 4.74 Å². The number of hydrogen-bond acceptors (Lipinski definition) is 4. The van der Waals surface area contributed by atoms with Crippen LogP contribution in [0.4, 0.5) is 13.2 Å². The van der Waals surface area contributed by atoms with E-state index in [0.29, 0.717) is 0 Å². The molecule has 8 heteroatoms. The average Bonchev–Trinajstić information content (AvgIpc) is 2.35. The van der Waals surface area contributed by atoms with Crippen LogP contribution in [0, 0.1) is 0 Å². The number of carboxylic acids is 1. The maximum atomic E-state index is 12.2. The topological polar surface area (TPSA) is 83.8 Å². The van der Waals surface area contributed by atoms with Crippen LogP contribution in [0.1, 0.15) is 35.4 Å². The van der Waals surface area contributed by atoms with Crippen molar-refractivity contribution in [3.63, 3.8) is 0 Å². The van der Waals surface area contributed by atoms with Crippen molar-refractivity contribution in [2.45, 2.75) is 25.8 Å². The summed E-state index contributed by atoms with van der Waals surface area (Å²) >= 11 is 0. The summed E-state index contributed by atoms with van der Waals surface area (Å²) < 4.78 is 40.2. The Balaban J connectivity index is 3.30. The largest absolute Gasteiger partial charge is 0.573 e. The van der Waals surface area contributed by atoms with Crippen molar-refractivity contribution in [3.8, 4) is 5.75 Å². The van der Waals surface area contributed by atoms with E-state index < -0.39 is 35.5 Å². The zero-order valence-electron chi connectivity index (χ0n) is 10.3. The molecule has 5 nitrogen and oxygen atoms in total. The second-order valence-corrected chi connectivity index (χ2v) is 3.82. The van der Waals surface area contributed by atoms with E-state index >= 15 is 0 Å². The molecule has 0 fully saturated rings. The highest BCUT2D eigenvalue weighted by molar-refractivity contribution is 5.96. The van der Waals surface area contributed by atoms with Gasteiger partial charge in [-0.3, -0.25) is 4.79 Å². The molecule has 1 atom stereocenters. The number of aliphatic carboxylic acids is 1. The zero-order valence-corrected chi connectivity index (χ0v) is 10.3. The molecule has 1 aromatic rings. The molecule has 1 rings (SSSR count). The first kappa shape index (κ1) is 16.0. The molecule has 0 saturated carbocycles. The molecule has 0 radical (unpaired) electrons. The minimum Gasteiger partial charge on any atom is -0.479 e. The van der Waals surface area contributed by atoms with E-state index in [4.69, 9.17) is 5.11 Å². The predicted molar refractivity (Wildman–Crippen MR) is 60.3 cm³/mol. The summed E-state index contributed by atoms with van der Waals surface area (Å²) in [6.45, 7) is 1.54. The third-order valence-corrected chi connectivity index (χ3v) is 2.41. The Labute approximate surface area is 111 Å². The molecule has 0 aliphatic heterocycles. The Morgan fingerprint density at radius 2 is 1.95 bits per heavy atom. The van der Waals surface area contributed by atoms with E-state index in [1.54, 1.807) is 0 Å². The van der Waals surface area contributed by atoms with Gasteiger partial charge in [0.25, 0.3) is 0 Å². The summed E-state index contributed by atoms with van der Waals surface area (Å²) in [6.07, 6.45) is -7.18. The van der Waals surface area contributed by atoms with Gasteiger partial charge in [0.2, 0.25) is 0 Å². The maximum Gasteiger partial charge on any atom is 0.573 e. The van der Waals surface area contributed by atoms with E-state index in [-0.39, 0.29) is 12.0 Å². The molecule has 1 aromatic carbocycles. The molecule has 0 aliphatic carbocycles. The first-order valence-corrected chi connectivity index (χ1v) is 5.49. The summed E-state index contributed by atoms with van der Waals surface area (Å²) in [4.78, 5) is 22.2. The van der Waals surface area contributed by atoms with Gasteiger partial charge in [-0.25, -0.2) is 4.79 Å². The SMILES string of the molecule is CCC(=O)c1ccc(OC(F)(F)F)c(C(O)C(=O)O)c1. The molecule has 2 N–H and O–H groups in total. The van der Waals surface area contributed by atoms with Gasteiger partial charge in [-0.1, -0.05) is 6.92 Å². The molecule has 0 bridgehead atoms. The number of alkyl halides is 3. The number of ketones is 1. The van der Waals surface area contributed by atoms with E-state index in [2.05, 4.69) is 4.74 Å². The van der Waals surface area contributed by atoms with Gasteiger partial charge in [-0.2, -0.15) is 0 Å². The lowest BCUT2D eigenvalue weighted by molar-refractivity contribution is -0.275. The highest BCUT2D eigenvalue weighted by atomic mass is 19.4.